The molecule has 0 aliphatic rings. The van der Waals surface area contributed by atoms with Gasteiger partial charge in [-0.25, -0.2) is 0 Å². The number of unbranched alkanes of at least 4 members (excludes halogenated alkanes) is 5. The zero-order valence-electron chi connectivity index (χ0n) is 26.7. The largest absolute Gasteiger partial charge is 0.325 e. The highest BCUT2D eigenvalue weighted by molar-refractivity contribution is 7.11. The van der Waals surface area contributed by atoms with Gasteiger partial charge in [-0.15, -0.1) is 0 Å². The zero-order valence-corrected chi connectivity index (χ0v) is 26.7. The molecule has 0 aliphatic heterocycles. The summed E-state index contributed by atoms with van der Waals surface area (Å²) in [5, 5.41) is 0. The molecule has 0 saturated carbocycles. The minimum atomic E-state index is -0.981. The lowest BCUT2D eigenvalue weighted by Gasteiger charge is -2.43. The van der Waals surface area contributed by atoms with Crippen LogP contribution >= 0.6 is 0 Å². The maximum absolute atomic E-state index is 2.38. The molecule has 0 amide bonds. The monoisotopic (exact) mass is 527 g/mol. The number of quaternary nitrogens is 1. The van der Waals surface area contributed by atoms with Crippen molar-refractivity contribution >= 4 is 22.5 Å². The lowest BCUT2D eigenvalue weighted by atomic mass is 9.14. The summed E-state index contributed by atoms with van der Waals surface area (Å²) in [5.41, 5.74) is 8.41. The number of hydrogen-bond donors (Lipinski definition) is 0. The van der Waals surface area contributed by atoms with E-state index in [1.165, 1.54) is 109 Å². The number of rotatable bonds is 14. The van der Waals surface area contributed by atoms with Crippen molar-refractivity contribution < 1.29 is 4.48 Å². The van der Waals surface area contributed by atoms with Gasteiger partial charge in [-0.3, -0.25) is 0 Å². The Morgan fingerprint density at radius 3 is 1.03 bits per heavy atom. The number of hydrogen-bond acceptors (Lipinski definition) is 0. The minimum Gasteiger partial charge on any atom is -0.325 e. The predicted octanol–water partition coefficient (Wildman–Crippen LogP) is 8.33. The fraction of sp³-hybridized carbons (Fsp3) is 0.514. The molecule has 0 bridgehead atoms. The molecule has 3 aromatic rings. The maximum atomic E-state index is 2.38. The van der Waals surface area contributed by atoms with Crippen molar-refractivity contribution in [1.29, 1.82) is 0 Å². The molecular weight excluding hydrogens is 469 g/mol. The van der Waals surface area contributed by atoms with Crippen molar-refractivity contribution in [2.75, 3.05) is 26.2 Å². The van der Waals surface area contributed by atoms with Crippen LogP contribution in [0.15, 0.2) is 72.8 Å². The summed E-state index contributed by atoms with van der Waals surface area (Å²) >= 11 is 0. The highest BCUT2D eigenvalue weighted by Crippen LogP contribution is 2.19. The summed E-state index contributed by atoms with van der Waals surface area (Å²) in [6, 6.07) is 28.0. The Balaban J connectivity index is 0.000000510. The first-order valence-electron chi connectivity index (χ1n) is 16.0. The van der Waals surface area contributed by atoms with Gasteiger partial charge in [0.2, 0.25) is 0 Å². The third-order valence-electron chi connectivity index (χ3n) is 9.61. The Morgan fingerprint density at radius 1 is 0.436 bits per heavy atom. The summed E-state index contributed by atoms with van der Waals surface area (Å²) in [4.78, 5) is 0. The standard InChI is InChI=1S/C29H38B.C8H20N/c1-5-6-7-8-9-10-23-30(27-17-11-24(2)12-18-27,28-19-13-25(3)14-20-28)29-21-15-26(4)16-22-29;1-5-9(6-2,7-3)8-4/h11-22H,5-10,23H2,1-4H3;5-8H2,1-4H3/q-1;+1. The molecule has 0 fully saturated rings. The molecule has 0 aliphatic carbocycles. The van der Waals surface area contributed by atoms with E-state index in [1.54, 1.807) is 0 Å². The van der Waals surface area contributed by atoms with Crippen LogP contribution in [0.4, 0.5) is 0 Å². The van der Waals surface area contributed by atoms with Gasteiger partial charge >= 0.3 is 0 Å². The van der Waals surface area contributed by atoms with Crippen LogP contribution in [0, 0.1) is 20.8 Å². The van der Waals surface area contributed by atoms with E-state index in [-0.39, 0.29) is 0 Å². The Labute approximate surface area is 242 Å². The molecule has 3 aromatic carbocycles. The average molecular weight is 528 g/mol. The third kappa shape index (κ3) is 9.11. The Kier molecular flexibility index (Phi) is 14.1. The van der Waals surface area contributed by atoms with Gasteiger partial charge in [-0.2, -0.15) is 22.7 Å². The van der Waals surface area contributed by atoms with Crippen LogP contribution in [0.3, 0.4) is 0 Å². The van der Waals surface area contributed by atoms with Crippen LogP contribution in [-0.2, 0) is 0 Å². The quantitative estimate of drug-likeness (QED) is 0.112. The molecule has 39 heavy (non-hydrogen) atoms. The van der Waals surface area contributed by atoms with Crippen molar-refractivity contribution in [3.8, 4) is 0 Å². The lowest BCUT2D eigenvalue weighted by Crippen LogP contribution is -2.67. The zero-order chi connectivity index (χ0) is 28.7. The molecule has 214 valence electrons. The van der Waals surface area contributed by atoms with Gasteiger partial charge in [0.25, 0.3) is 0 Å². The van der Waals surface area contributed by atoms with Gasteiger partial charge in [0.05, 0.1) is 32.3 Å². The number of nitrogens with zero attached hydrogens (tertiary/aromatic N) is 1. The van der Waals surface area contributed by atoms with Crippen LogP contribution in [0.25, 0.3) is 0 Å². The van der Waals surface area contributed by atoms with E-state index in [2.05, 4.69) is 128 Å². The summed E-state index contributed by atoms with van der Waals surface area (Å²) in [6.45, 7) is 23.1. The molecule has 0 spiro atoms. The number of benzene rings is 3. The van der Waals surface area contributed by atoms with Crippen LogP contribution in [0.1, 0.15) is 89.8 Å². The Morgan fingerprint density at radius 2 is 0.744 bits per heavy atom. The molecule has 0 atom stereocenters. The van der Waals surface area contributed by atoms with E-state index in [0.717, 1.165) is 0 Å². The first-order chi connectivity index (χ1) is 18.8. The van der Waals surface area contributed by atoms with Crippen LogP contribution in [-0.4, -0.2) is 36.8 Å². The van der Waals surface area contributed by atoms with Crippen molar-refractivity contribution in [2.45, 2.75) is 100 Å². The Bertz CT molecular complexity index is 918. The van der Waals surface area contributed by atoms with Gasteiger partial charge < -0.3 is 4.48 Å². The second-order valence-electron chi connectivity index (χ2n) is 11.9. The fourth-order valence-electron chi connectivity index (χ4n) is 6.33. The van der Waals surface area contributed by atoms with Crippen molar-refractivity contribution in [3.05, 3.63) is 89.5 Å². The molecule has 2 heteroatoms. The van der Waals surface area contributed by atoms with Gasteiger partial charge in [0, 0.05) is 0 Å². The minimum absolute atomic E-state index is 0.981. The smallest absolute Gasteiger partial charge is 0.0814 e. The summed E-state index contributed by atoms with van der Waals surface area (Å²) in [5.74, 6) is 0. The topological polar surface area (TPSA) is 0 Å². The molecule has 3 rings (SSSR count). The summed E-state index contributed by atoms with van der Waals surface area (Å²) in [7, 11) is 0. The molecule has 0 aromatic heterocycles. The van der Waals surface area contributed by atoms with Crippen LogP contribution in [0.5, 0.6) is 0 Å². The van der Waals surface area contributed by atoms with Gasteiger partial charge in [0.1, 0.15) is 0 Å². The van der Waals surface area contributed by atoms with E-state index in [0.29, 0.717) is 0 Å². The maximum Gasteiger partial charge on any atom is 0.0814 e. The van der Waals surface area contributed by atoms with Gasteiger partial charge in [-0.05, 0) is 48.5 Å². The first-order valence-corrected chi connectivity index (χ1v) is 16.0. The molecule has 1 nitrogen and oxygen atoms in total. The van der Waals surface area contributed by atoms with Crippen LogP contribution in [0.2, 0.25) is 6.32 Å². The molecular formula is C37H58BN. The van der Waals surface area contributed by atoms with Crippen molar-refractivity contribution in [1.82, 2.24) is 0 Å². The summed E-state index contributed by atoms with van der Waals surface area (Å²) in [6.07, 6.45) is 8.23. The van der Waals surface area contributed by atoms with Crippen molar-refractivity contribution in [2.24, 2.45) is 0 Å². The normalized spacial score (nSPS) is 11.7. The van der Waals surface area contributed by atoms with E-state index >= 15 is 0 Å². The van der Waals surface area contributed by atoms with E-state index in [1.807, 2.05) is 0 Å². The highest BCUT2D eigenvalue weighted by atomic mass is 15.3. The van der Waals surface area contributed by atoms with Crippen LogP contribution < -0.4 is 16.4 Å². The molecule has 0 N–H and O–H groups in total. The Hall–Kier alpha value is -2.32. The average Bonchev–Trinajstić information content (AvgIpc) is 2.96. The highest BCUT2D eigenvalue weighted by Gasteiger charge is 2.29. The second-order valence-corrected chi connectivity index (χ2v) is 11.9. The number of aryl methyl sites for hydroxylation is 3. The predicted molar refractivity (Wildman–Crippen MR) is 179 cm³/mol. The molecule has 0 saturated heterocycles. The molecule has 0 heterocycles. The van der Waals surface area contributed by atoms with Crippen molar-refractivity contribution in [3.63, 3.8) is 0 Å². The summed E-state index contributed by atoms with van der Waals surface area (Å²) < 4.78 is 1.28. The fourth-order valence-corrected chi connectivity index (χ4v) is 6.33. The van der Waals surface area contributed by atoms with E-state index in [9.17, 15) is 0 Å². The second kappa shape index (κ2) is 16.7. The van der Waals surface area contributed by atoms with Gasteiger partial charge in [-0.1, -0.05) is 135 Å². The van der Waals surface area contributed by atoms with Gasteiger partial charge in [0.15, 0.2) is 0 Å². The SMILES string of the molecule is CCCCCCCC[B-](c1ccc(C)cc1)(c1ccc(C)cc1)c1ccc(C)cc1.CC[N+](CC)(CC)CC. The third-order valence-corrected chi connectivity index (χ3v) is 9.61. The first kappa shape index (κ1) is 32.9. The molecule has 0 unspecified atom stereocenters. The lowest BCUT2D eigenvalue weighted by molar-refractivity contribution is -0.921. The van der Waals surface area contributed by atoms with E-state index in [4.69, 9.17) is 0 Å². The van der Waals surface area contributed by atoms with E-state index < -0.39 is 6.15 Å². The molecule has 0 radical (unpaired) electrons.